The lowest BCUT2D eigenvalue weighted by Gasteiger charge is -2.09. The Morgan fingerprint density at radius 2 is 1.28 bits per heavy atom. The summed E-state index contributed by atoms with van der Waals surface area (Å²) in [6.45, 7) is 4.08. The first-order valence-electron chi connectivity index (χ1n) is 6.97. The van der Waals surface area contributed by atoms with E-state index in [1.165, 1.54) is 25.7 Å². The Bertz CT molecular complexity index is 298. The fourth-order valence-electron chi connectivity index (χ4n) is 2.74. The molecule has 0 aromatic heterocycles. The lowest BCUT2D eigenvalue weighted by molar-refractivity contribution is -0.114. The number of rotatable bonds is 5. The van der Waals surface area contributed by atoms with Gasteiger partial charge in [-0.3, -0.25) is 9.59 Å². The average molecular weight is 286 g/mol. The predicted molar refractivity (Wildman–Crippen MR) is 78.8 cm³/mol. The number of carbonyl (C=O) groups excluding carboxylic acids is 2. The van der Waals surface area contributed by atoms with Crippen LogP contribution in [0.2, 0.25) is 0 Å². The molecule has 0 aromatic rings. The van der Waals surface area contributed by atoms with Gasteiger partial charge in [-0.25, -0.2) is 0 Å². The fourth-order valence-corrected chi connectivity index (χ4v) is 5.39. The van der Waals surface area contributed by atoms with E-state index < -0.39 is 0 Å². The second-order valence-corrected chi connectivity index (χ2v) is 8.29. The summed E-state index contributed by atoms with van der Waals surface area (Å²) in [4.78, 5) is 22.8. The molecule has 0 radical (unpaired) electrons. The molecule has 0 bridgehead atoms. The molecule has 0 amide bonds. The van der Waals surface area contributed by atoms with Crippen LogP contribution in [0, 0.1) is 11.8 Å². The highest BCUT2D eigenvalue weighted by atomic mass is 32.2. The van der Waals surface area contributed by atoms with Gasteiger partial charge < -0.3 is 0 Å². The van der Waals surface area contributed by atoms with Gasteiger partial charge in [-0.05, 0) is 25.7 Å². The summed E-state index contributed by atoms with van der Waals surface area (Å²) in [6, 6.07) is 0. The first-order valence-corrected chi connectivity index (χ1v) is 8.73. The van der Waals surface area contributed by atoms with E-state index in [0.29, 0.717) is 20.7 Å². The molecular formula is C14H22O2S2. The molecule has 2 aliphatic rings. The molecule has 2 saturated heterocycles. The van der Waals surface area contributed by atoms with Gasteiger partial charge in [0, 0.05) is 22.3 Å². The molecule has 4 unspecified atom stereocenters. The summed E-state index contributed by atoms with van der Waals surface area (Å²) in [6.07, 6.45) is 6.88. The van der Waals surface area contributed by atoms with E-state index in [2.05, 4.69) is 0 Å². The standard InChI is InChI=1S/C14H22O2S2/c1-9-7-11(17-13(9)15)5-3-4-6-12-8-10(2)14(16)18-12/h9-12H,3-8H2,1-2H3. The Labute approximate surface area is 118 Å². The molecule has 18 heavy (non-hydrogen) atoms. The van der Waals surface area contributed by atoms with Crippen LogP contribution in [0.4, 0.5) is 0 Å². The van der Waals surface area contributed by atoms with E-state index in [1.807, 2.05) is 13.8 Å². The molecule has 4 heteroatoms. The Morgan fingerprint density at radius 3 is 1.56 bits per heavy atom. The van der Waals surface area contributed by atoms with Crippen molar-refractivity contribution in [2.24, 2.45) is 11.8 Å². The van der Waals surface area contributed by atoms with E-state index in [0.717, 1.165) is 12.8 Å². The molecule has 0 spiro atoms. The van der Waals surface area contributed by atoms with Crippen LogP contribution < -0.4 is 0 Å². The SMILES string of the molecule is CC1CC(CCCCC2CC(C)C(=O)S2)SC1=O. The minimum absolute atomic E-state index is 0.267. The molecule has 2 nitrogen and oxygen atoms in total. The minimum Gasteiger partial charge on any atom is -0.287 e. The number of hydrogen-bond acceptors (Lipinski definition) is 4. The highest BCUT2D eigenvalue weighted by molar-refractivity contribution is 8.14. The van der Waals surface area contributed by atoms with Crippen molar-refractivity contribution in [3.05, 3.63) is 0 Å². The molecule has 2 fully saturated rings. The van der Waals surface area contributed by atoms with Gasteiger partial charge in [-0.15, -0.1) is 0 Å². The van der Waals surface area contributed by atoms with Crippen molar-refractivity contribution in [2.75, 3.05) is 0 Å². The van der Waals surface area contributed by atoms with Crippen molar-refractivity contribution < 1.29 is 9.59 Å². The van der Waals surface area contributed by atoms with E-state index in [-0.39, 0.29) is 11.8 Å². The predicted octanol–water partition coefficient (Wildman–Crippen LogP) is 3.88. The van der Waals surface area contributed by atoms with Crippen molar-refractivity contribution in [2.45, 2.75) is 62.9 Å². The van der Waals surface area contributed by atoms with Crippen LogP contribution in [0.3, 0.4) is 0 Å². The molecule has 102 valence electrons. The van der Waals surface area contributed by atoms with E-state index >= 15 is 0 Å². The third-order valence-electron chi connectivity index (χ3n) is 3.91. The van der Waals surface area contributed by atoms with Crippen molar-refractivity contribution in [1.82, 2.24) is 0 Å². The topological polar surface area (TPSA) is 34.1 Å². The summed E-state index contributed by atoms with van der Waals surface area (Å²) in [7, 11) is 0. The van der Waals surface area contributed by atoms with Crippen LogP contribution in [0.15, 0.2) is 0 Å². The summed E-state index contributed by atoms with van der Waals surface area (Å²) in [5, 5.41) is 1.88. The summed E-state index contributed by atoms with van der Waals surface area (Å²) in [5.74, 6) is 0.535. The van der Waals surface area contributed by atoms with Gasteiger partial charge in [-0.2, -0.15) is 0 Å². The summed E-state index contributed by atoms with van der Waals surface area (Å²) >= 11 is 3.12. The van der Waals surface area contributed by atoms with Crippen LogP contribution in [0.1, 0.15) is 52.4 Å². The lowest BCUT2D eigenvalue weighted by atomic mass is 10.0. The monoisotopic (exact) mass is 286 g/mol. The number of thioether (sulfide) groups is 2. The van der Waals surface area contributed by atoms with Crippen molar-refractivity contribution >= 4 is 33.8 Å². The highest BCUT2D eigenvalue weighted by Crippen LogP contribution is 2.37. The zero-order valence-corrected chi connectivity index (χ0v) is 12.8. The molecule has 0 N–H and O–H groups in total. The molecule has 0 saturated carbocycles. The first kappa shape index (κ1) is 14.4. The average Bonchev–Trinajstić information content (AvgIpc) is 2.79. The largest absolute Gasteiger partial charge is 0.287 e. The van der Waals surface area contributed by atoms with Crippen LogP contribution in [-0.2, 0) is 9.59 Å². The maximum absolute atomic E-state index is 11.4. The summed E-state index contributed by atoms with van der Waals surface area (Å²) in [5.41, 5.74) is 0. The van der Waals surface area contributed by atoms with E-state index in [1.54, 1.807) is 23.5 Å². The zero-order chi connectivity index (χ0) is 13.1. The normalized spacial score (nSPS) is 36.6. The molecular weight excluding hydrogens is 264 g/mol. The van der Waals surface area contributed by atoms with Gasteiger partial charge in [0.15, 0.2) is 10.2 Å². The molecule has 0 aliphatic carbocycles. The summed E-state index contributed by atoms with van der Waals surface area (Å²) < 4.78 is 0. The van der Waals surface area contributed by atoms with Gasteiger partial charge in [0.2, 0.25) is 0 Å². The lowest BCUT2D eigenvalue weighted by Crippen LogP contribution is -2.02. The maximum atomic E-state index is 11.4. The van der Waals surface area contributed by atoms with Crippen LogP contribution >= 0.6 is 23.5 Å². The molecule has 4 atom stereocenters. The first-order chi connectivity index (χ1) is 8.56. The minimum atomic E-state index is 0.267. The van der Waals surface area contributed by atoms with Gasteiger partial charge in [0.05, 0.1) is 0 Å². The maximum Gasteiger partial charge on any atom is 0.192 e. The van der Waals surface area contributed by atoms with Crippen LogP contribution in [0.5, 0.6) is 0 Å². The van der Waals surface area contributed by atoms with Crippen molar-refractivity contribution in [1.29, 1.82) is 0 Å². The fraction of sp³-hybridized carbons (Fsp3) is 0.857. The van der Waals surface area contributed by atoms with Gasteiger partial charge in [-0.1, -0.05) is 50.2 Å². The number of hydrogen-bond donors (Lipinski definition) is 0. The Hall–Kier alpha value is 0.0400. The van der Waals surface area contributed by atoms with Gasteiger partial charge in [0.25, 0.3) is 0 Å². The van der Waals surface area contributed by atoms with Crippen molar-refractivity contribution in [3.8, 4) is 0 Å². The third-order valence-corrected chi connectivity index (χ3v) is 6.70. The number of unbranched alkanes of at least 4 members (excludes halogenated alkanes) is 1. The van der Waals surface area contributed by atoms with Gasteiger partial charge in [0.1, 0.15) is 0 Å². The molecule has 2 rings (SSSR count). The third kappa shape index (κ3) is 3.77. The van der Waals surface area contributed by atoms with Crippen LogP contribution in [0.25, 0.3) is 0 Å². The van der Waals surface area contributed by atoms with Crippen LogP contribution in [-0.4, -0.2) is 20.7 Å². The van der Waals surface area contributed by atoms with E-state index in [9.17, 15) is 9.59 Å². The molecule has 0 aromatic carbocycles. The molecule has 2 heterocycles. The number of carbonyl (C=O) groups is 2. The van der Waals surface area contributed by atoms with Gasteiger partial charge >= 0.3 is 0 Å². The quantitative estimate of drug-likeness (QED) is 0.718. The Balaban J connectivity index is 1.57. The Morgan fingerprint density at radius 1 is 0.889 bits per heavy atom. The Kier molecular flexibility index (Phi) is 5.19. The molecule has 2 aliphatic heterocycles. The smallest absolute Gasteiger partial charge is 0.192 e. The highest BCUT2D eigenvalue weighted by Gasteiger charge is 2.31. The van der Waals surface area contributed by atoms with Crippen molar-refractivity contribution in [3.63, 3.8) is 0 Å². The van der Waals surface area contributed by atoms with E-state index in [4.69, 9.17) is 0 Å². The zero-order valence-electron chi connectivity index (χ0n) is 11.2. The second-order valence-electron chi connectivity index (χ2n) is 5.68. The second kappa shape index (κ2) is 6.47.